The van der Waals surface area contributed by atoms with Gasteiger partial charge in [-0.3, -0.25) is 14.5 Å². The first-order valence-electron chi connectivity index (χ1n) is 9.26. The molecule has 1 aliphatic heterocycles. The molecule has 8 heteroatoms. The lowest BCUT2D eigenvalue weighted by Gasteiger charge is -2.35. The van der Waals surface area contributed by atoms with Crippen molar-refractivity contribution in [2.45, 2.75) is 32.9 Å². The zero-order valence-corrected chi connectivity index (χ0v) is 15.8. The molecule has 1 aromatic heterocycles. The van der Waals surface area contributed by atoms with E-state index in [9.17, 15) is 9.59 Å². The fraction of sp³-hybridized carbons (Fsp3) is 0.474. The Kier molecular flexibility index (Phi) is 6.18. The minimum absolute atomic E-state index is 0.0694. The van der Waals surface area contributed by atoms with Crippen molar-refractivity contribution in [3.63, 3.8) is 0 Å². The summed E-state index contributed by atoms with van der Waals surface area (Å²) in [7, 11) is 0. The van der Waals surface area contributed by atoms with Crippen LogP contribution >= 0.6 is 0 Å². The number of amides is 2. The number of hydrogen-bond acceptors (Lipinski definition) is 5. The van der Waals surface area contributed by atoms with Crippen LogP contribution in [0.2, 0.25) is 0 Å². The second-order valence-electron chi connectivity index (χ2n) is 7.15. The zero-order valence-electron chi connectivity index (χ0n) is 15.8. The second kappa shape index (κ2) is 8.77. The highest BCUT2D eigenvalue weighted by molar-refractivity contribution is 5.88. The summed E-state index contributed by atoms with van der Waals surface area (Å²) in [6, 6.07) is 7.29. The normalized spacial score (nSPS) is 17.7. The molecule has 2 amide bonds. The summed E-state index contributed by atoms with van der Waals surface area (Å²) in [6.45, 7) is 6.81. The van der Waals surface area contributed by atoms with Crippen LogP contribution in [0.5, 0.6) is 0 Å². The molecule has 2 aromatic rings. The first-order valence-corrected chi connectivity index (χ1v) is 9.26. The predicted molar refractivity (Wildman–Crippen MR) is 101 cm³/mol. The van der Waals surface area contributed by atoms with Crippen LogP contribution in [0.4, 0.5) is 0 Å². The van der Waals surface area contributed by atoms with Gasteiger partial charge in [0.1, 0.15) is 12.7 Å². The van der Waals surface area contributed by atoms with Crippen LogP contribution in [0.15, 0.2) is 36.9 Å². The molecule has 2 N–H and O–H groups in total. The van der Waals surface area contributed by atoms with Crippen LogP contribution < -0.4 is 10.6 Å². The SMILES string of the molecule is CC(C)CN1CCNC(=O)[C@@H]1CC(=O)NCc1ccccc1-n1cncn1. The van der Waals surface area contributed by atoms with Crippen LogP contribution in [0.25, 0.3) is 5.69 Å². The lowest BCUT2D eigenvalue weighted by Crippen LogP contribution is -2.57. The highest BCUT2D eigenvalue weighted by Gasteiger charge is 2.31. The molecule has 0 aliphatic carbocycles. The van der Waals surface area contributed by atoms with E-state index in [0.29, 0.717) is 19.0 Å². The third kappa shape index (κ3) is 4.91. The van der Waals surface area contributed by atoms with E-state index in [0.717, 1.165) is 24.3 Å². The number of hydrogen-bond donors (Lipinski definition) is 2. The van der Waals surface area contributed by atoms with Crippen molar-refractivity contribution >= 4 is 11.8 Å². The maximum atomic E-state index is 12.5. The van der Waals surface area contributed by atoms with Gasteiger partial charge in [0.2, 0.25) is 11.8 Å². The Morgan fingerprint density at radius 1 is 1.37 bits per heavy atom. The summed E-state index contributed by atoms with van der Waals surface area (Å²) in [6.07, 6.45) is 3.25. The van der Waals surface area contributed by atoms with Crippen molar-refractivity contribution in [1.82, 2.24) is 30.3 Å². The third-order valence-corrected chi connectivity index (χ3v) is 4.55. The predicted octanol–water partition coefficient (Wildman–Crippen LogP) is 0.730. The van der Waals surface area contributed by atoms with Crippen molar-refractivity contribution in [3.05, 3.63) is 42.5 Å². The van der Waals surface area contributed by atoms with Crippen LogP contribution in [0.3, 0.4) is 0 Å². The molecule has 2 heterocycles. The first kappa shape index (κ1) is 19.0. The lowest BCUT2D eigenvalue weighted by atomic mass is 10.1. The molecular weight excluding hydrogens is 344 g/mol. The quantitative estimate of drug-likeness (QED) is 0.750. The molecule has 0 spiro atoms. The number of nitrogens with one attached hydrogen (secondary N) is 2. The number of rotatable bonds is 7. The van der Waals surface area contributed by atoms with Gasteiger partial charge in [-0.15, -0.1) is 0 Å². The maximum Gasteiger partial charge on any atom is 0.237 e. The van der Waals surface area contributed by atoms with Gasteiger partial charge in [-0.05, 0) is 17.5 Å². The fourth-order valence-electron chi connectivity index (χ4n) is 3.33. The number of piperazine rings is 1. The van der Waals surface area contributed by atoms with Crippen molar-refractivity contribution < 1.29 is 9.59 Å². The average molecular weight is 370 g/mol. The van der Waals surface area contributed by atoms with E-state index in [2.05, 4.69) is 39.5 Å². The van der Waals surface area contributed by atoms with E-state index in [4.69, 9.17) is 0 Å². The summed E-state index contributed by atoms with van der Waals surface area (Å²) >= 11 is 0. The van der Waals surface area contributed by atoms with Gasteiger partial charge in [0, 0.05) is 26.2 Å². The van der Waals surface area contributed by atoms with E-state index in [1.807, 2.05) is 24.3 Å². The van der Waals surface area contributed by atoms with Crippen molar-refractivity contribution in [2.75, 3.05) is 19.6 Å². The highest BCUT2D eigenvalue weighted by Crippen LogP contribution is 2.14. The van der Waals surface area contributed by atoms with Crippen LogP contribution in [-0.2, 0) is 16.1 Å². The highest BCUT2D eigenvalue weighted by atomic mass is 16.2. The van der Waals surface area contributed by atoms with Gasteiger partial charge in [0.25, 0.3) is 0 Å². The summed E-state index contributed by atoms with van der Waals surface area (Å²) in [4.78, 5) is 30.8. The monoisotopic (exact) mass is 370 g/mol. The zero-order chi connectivity index (χ0) is 19.2. The number of nitrogens with zero attached hydrogens (tertiary/aromatic N) is 4. The molecular formula is C19H26N6O2. The van der Waals surface area contributed by atoms with Gasteiger partial charge < -0.3 is 10.6 Å². The maximum absolute atomic E-state index is 12.5. The fourth-order valence-corrected chi connectivity index (χ4v) is 3.33. The molecule has 144 valence electrons. The molecule has 27 heavy (non-hydrogen) atoms. The molecule has 3 rings (SSSR count). The van der Waals surface area contributed by atoms with Crippen molar-refractivity contribution in [2.24, 2.45) is 5.92 Å². The van der Waals surface area contributed by atoms with Crippen molar-refractivity contribution in [1.29, 1.82) is 0 Å². The van der Waals surface area contributed by atoms with Gasteiger partial charge >= 0.3 is 0 Å². The molecule has 1 aromatic carbocycles. The van der Waals surface area contributed by atoms with Crippen LogP contribution in [-0.4, -0.2) is 57.2 Å². The smallest absolute Gasteiger partial charge is 0.237 e. The molecule has 0 unspecified atom stereocenters. The number of benzene rings is 1. The van der Waals surface area contributed by atoms with Gasteiger partial charge in [-0.1, -0.05) is 32.0 Å². The number of carbonyl (C=O) groups excluding carboxylic acids is 2. The van der Waals surface area contributed by atoms with Gasteiger partial charge in [-0.2, -0.15) is 5.10 Å². The van der Waals surface area contributed by atoms with E-state index in [-0.39, 0.29) is 18.2 Å². The molecule has 0 saturated carbocycles. The number of carbonyl (C=O) groups is 2. The summed E-state index contributed by atoms with van der Waals surface area (Å²) in [5, 5.41) is 9.95. The minimum atomic E-state index is -0.410. The minimum Gasteiger partial charge on any atom is -0.353 e. The Morgan fingerprint density at radius 2 is 2.19 bits per heavy atom. The Morgan fingerprint density at radius 3 is 2.93 bits per heavy atom. The third-order valence-electron chi connectivity index (χ3n) is 4.55. The standard InChI is InChI=1S/C19H26N6O2/c1-14(2)11-24-8-7-21-19(27)17(24)9-18(26)22-10-15-5-3-4-6-16(15)25-13-20-12-23-25/h3-6,12-14,17H,7-11H2,1-2H3,(H,21,27)(H,22,26)/t17-/m0/s1. The van der Waals surface area contributed by atoms with E-state index in [1.165, 1.54) is 6.33 Å². The number of para-hydroxylation sites is 1. The first-order chi connectivity index (χ1) is 13.0. The molecule has 1 saturated heterocycles. The molecule has 1 fully saturated rings. The summed E-state index contributed by atoms with van der Waals surface area (Å²) in [5.74, 6) is 0.232. The average Bonchev–Trinajstić information content (AvgIpc) is 3.17. The molecule has 8 nitrogen and oxygen atoms in total. The van der Waals surface area contributed by atoms with Crippen LogP contribution in [0.1, 0.15) is 25.8 Å². The molecule has 1 aliphatic rings. The molecule has 0 bridgehead atoms. The van der Waals surface area contributed by atoms with Gasteiger partial charge in [-0.25, -0.2) is 9.67 Å². The van der Waals surface area contributed by atoms with Gasteiger partial charge in [0.15, 0.2) is 0 Å². The van der Waals surface area contributed by atoms with Crippen molar-refractivity contribution in [3.8, 4) is 5.69 Å². The lowest BCUT2D eigenvalue weighted by molar-refractivity contribution is -0.134. The Hall–Kier alpha value is -2.74. The number of aromatic nitrogens is 3. The van der Waals surface area contributed by atoms with E-state index < -0.39 is 6.04 Å². The Balaban J connectivity index is 1.62. The molecule has 0 radical (unpaired) electrons. The second-order valence-corrected chi connectivity index (χ2v) is 7.15. The summed E-state index contributed by atoms with van der Waals surface area (Å²) < 4.78 is 1.67. The van der Waals surface area contributed by atoms with E-state index in [1.54, 1.807) is 11.0 Å². The molecule has 1 atom stereocenters. The largest absolute Gasteiger partial charge is 0.353 e. The topological polar surface area (TPSA) is 92.2 Å². The Labute approximate surface area is 159 Å². The summed E-state index contributed by atoms with van der Waals surface area (Å²) in [5.41, 5.74) is 1.80. The van der Waals surface area contributed by atoms with Gasteiger partial charge in [0.05, 0.1) is 18.2 Å². The van der Waals surface area contributed by atoms with E-state index >= 15 is 0 Å². The van der Waals surface area contributed by atoms with Crippen LogP contribution in [0, 0.1) is 5.92 Å². The Bertz CT molecular complexity index is 774.